The lowest BCUT2D eigenvalue weighted by Crippen LogP contribution is -2.40. The first-order valence-electron chi connectivity index (χ1n) is 10.3. The van der Waals surface area contributed by atoms with Gasteiger partial charge >= 0.3 is 0 Å². The fourth-order valence-electron chi connectivity index (χ4n) is 4.59. The van der Waals surface area contributed by atoms with E-state index < -0.39 is 5.41 Å². The van der Waals surface area contributed by atoms with Crippen molar-refractivity contribution in [2.24, 2.45) is 7.05 Å². The second-order valence-corrected chi connectivity index (χ2v) is 8.36. The summed E-state index contributed by atoms with van der Waals surface area (Å²) in [4.78, 5) is 31.1. The second-order valence-electron chi connectivity index (χ2n) is 8.36. The minimum Gasteiger partial charge on any atom is -0.350 e. The molecule has 2 aromatic heterocycles. The summed E-state index contributed by atoms with van der Waals surface area (Å²) in [5, 5.41) is 4.05. The number of carbonyl (C=O) groups is 2. The van der Waals surface area contributed by atoms with E-state index in [4.69, 9.17) is 0 Å². The molecular formula is C24H24N4O2. The van der Waals surface area contributed by atoms with Gasteiger partial charge in [0.15, 0.2) is 0 Å². The number of carbonyl (C=O) groups excluding carboxylic acids is 2. The first-order valence-corrected chi connectivity index (χ1v) is 10.3. The van der Waals surface area contributed by atoms with E-state index in [1.807, 2.05) is 25.2 Å². The molecule has 6 nitrogen and oxygen atoms in total. The van der Waals surface area contributed by atoms with Crippen LogP contribution in [0.2, 0.25) is 0 Å². The predicted octanol–water partition coefficient (Wildman–Crippen LogP) is 3.62. The van der Waals surface area contributed by atoms with Gasteiger partial charge < -0.3 is 14.8 Å². The van der Waals surface area contributed by atoms with Crippen LogP contribution in [0.1, 0.15) is 36.0 Å². The number of hydrogen-bond donors (Lipinski definition) is 1. The average Bonchev–Trinajstić information content (AvgIpc) is 3.19. The van der Waals surface area contributed by atoms with Crippen LogP contribution in [0.3, 0.4) is 0 Å². The minimum absolute atomic E-state index is 0.0586. The van der Waals surface area contributed by atoms with Crippen LogP contribution in [-0.4, -0.2) is 33.3 Å². The smallest absolute Gasteiger partial charge is 0.246 e. The van der Waals surface area contributed by atoms with Gasteiger partial charge in [0, 0.05) is 55.6 Å². The number of hydrogen-bond acceptors (Lipinski definition) is 3. The molecule has 30 heavy (non-hydrogen) atoms. The van der Waals surface area contributed by atoms with Crippen molar-refractivity contribution < 1.29 is 9.59 Å². The van der Waals surface area contributed by atoms with Crippen LogP contribution < -0.4 is 5.32 Å². The number of likely N-dealkylation sites (N-methyl/N-ethyl adjacent to an activating group) is 1. The Hall–Kier alpha value is -3.41. The third-order valence-corrected chi connectivity index (χ3v) is 6.48. The number of benzene rings is 1. The molecule has 5 rings (SSSR count). The van der Waals surface area contributed by atoms with Crippen molar-refractivity contribution in [1.82, 2.24) is 14.5 Å². The normalized spacial score (nSPS) is 16.7. The highest BCUT2D eigenvalue weighted by atomic mass is 16.2. The molecule has 1 aliphatic carbocycles. The molecule has 1 aliphatic heterocycles. The van der Waals surface area contributed by atoms with Gasteiger partial charge in [-0.25, -0.2) is 4.98 Å². The molecule has 0 bridgehead atoms. The Morgan fingerprint density at radius 1 is 1.33 bits per heavy atom. The van der Waals surface area contributed by atoms with Crippen molar-refractivity contribution in [3.05, 3.63) is 65.5 Å². The van der Waals surface area contributed by atoms with Crippen molar-refractivity contribution in [2.75, 3.05) is 12.4 Å². The molecule has 6 heteroatoms. The monoisotopic (exact) mass is 400 g/mol. The number of aryl methyl sites for hydroxylation is 1. The van der Waals surface area contributed by atoms with Crippen LogP contribution in [-0.2, 0) is 28.6 Å². The Balaban J connectivity index is 1.32. The number of anilines is 1. The molecule has 2 aliphatic rings. The quantitative estimate of drug-likeness (QED) is 0.680. The van der Waals surface area contributed by atoms with E-state index in [2.05, 4.69) is 33.2 Å². The molecule has 1 N–H and O–H groups in total. The van der Waals surface area contributed by atoms with E-state index >= 15 is 0 Å². The molecule has 0 unspecified atom stereocenters. The van der Waals surface area contributed by atoms with Crippen molar-refractivity contribution in [3.63, 3.8) is 0 Å². The van der Waals surface area contributed by atoms with Gasteiger partial charge in [0.1, 0.15) is 5.82 Å². The van der Waals surface area contributed by atoms with E-state index in [1.165, 1.54) is 0 Å². The van der Waals surface area contributed by atoms with Crippen molar-refractivity contribution in [3.8, 4) is 0 Å². The summed E-state index contributed by atoms with van der Waals surface area (Å²) >= 11 is 0. The van der Waals surface area contributed by atoms with Crippen LogP contribution in [0.25, 0.3) is 17.0 Å². The van der Waals surface area contributed by atoms with Gasteiger partial charge in [-0.05, 0) is 42.2 Å². The molecule has 0 atom stereocenters. The number of pyridine rings is 1. The summed E-state index contributed by atoms with van der Waals surface area (Å²) in [6, 6.07) is 10.2. The number of rotatable bonds is 4. The number of amides is 2. The maximum atomic E-state index is 12.7. The van der Waals surface area contributed by atoms with Crippen LogP contribution >= 0.6 is 0 Å². The zero-order valence-electron chi connectivity index (χ0n) is 17.2. The van der Waals surface area contributed by atoms with Gasteiger partial charge in [0.25, 0.3) is 0 Å². The van der Waals surface area contributed by atoms with Crippen molar-refractivity contribution in [1.29, 1.82) is 0 Å². The first kappa shape index (κ1) is 18.6. The third kappa shape index (κ3) is 2.83. The summed E-state index contributed by atoms with van der Waals surface area (Å²) < 4.78 is 2.08. The molecule has 1 fully saturated rings. The standard InChI is InChI=1S/C24H24N4O2/c1-27-14-17(18-6-3-4-7-20(18)27)15-28(2)21(29)9-8-16-12-19-22(25-13-16)26-23(30)24(19)10-5-11-24/h3-4,6-9,12-14H,5,10-11,15H2,1-2H3,(H,25,26,30)/b9-8+. The highest BCUT2D eigenvalue weighted by molar-refractivity contribution is 6.06. The molecule has 0 radical (unpaired) electrons. The molecule has 1 aromatic carbocycles. The summed E-state index contributed by atoms with van der Waals surface area (Å²) in [5.41, 5.74) is 3.68. The van der Waals surface area contributed by atoms with Crippen molar-refractivity contribution in [2.45, 2.75) is 31.2 Å². The highest BCUT2D eigenvalue weighted by Gasteiger charge is 2.51. The number of nitrogens with one attached hydrogen (secondary N) is 1. The van der Waals surface area contributed by atoms with Crippen molar-refractivity contribution >= 4 is 34.6 Å². The summed E-state index contributed by atoms with van der Waals surface area (Å²) in [6.45, 7) is 0.536. The number of para-hydroxylation sites is 1. The molecule has 2 amide bonds. The van der Waals surface area contributed by atoms with E-state index in [9.17, 15) is 9.59 Å². The van der Waals surface area contributed by atoms with Gasteiger partial charge in [0.05, 0.1) is 5.41 Å². The SMILES string of the molecule is CN(Cc1cn(C)c2ccccc12)C(=O)/C=C/c1cnc2c(c1)C1(CCC1)C(=O)N2. The highest BCUT2D eigenvalue weighted by Crippen LogP contribution is 2.50. The average molecular weight is 400 g/mol. The Labute approximate surface area is 175 Å². The van der Waals surface area contributed by atoms with Gasteiger partial charge in [-0.15, -0.1) is 0 Å². The minimum atomic E-state index is -0.401. The Morgan fingerprint density at radius 3 is 2.90 bits per heavy atom. The van der Waals surface area contributed by atoms with E-state index in [0.29, 0.717) is 12.4 Å². The Kier molecular flexibility index (Phi) is 4.24. The van der Waals surface area contributed by atoms with Crippen LogP contribution in [0, 0.1) is 0 Å². The molecule has 1 spiro atoms. The summed E-state index contributed by atoms with van der Waals surface area (Å²) in [7, 11) is 3.82. The Morgan fingerprint density at radius 2 is 2.13 bits per heavy atom. The van der Waals surface area contributed by atoms with Gasteiger partial charge in [-0.3, -0.25) is 9.59 Å². The second kappa shape index (κ2) is 6.83. The molecule has 3 heterocycles. The van der Waals surface area contributed by atoms with Crippen LogP contribution in [0.5, 0.6) is 0 Å². The predicted molar refractivity (Wildman–Crippen MR) is 117 cm³/mol. The van der Waals surface area contributed by atoms with Crippen LogP contribution in [0.4, 0.5) is 5.82 Å². The van der Waals surface area contributed by atoms with E-state index in [0.717, 1.165) is 46.9 Å². The van der Waals surface area contributed by atoms with E-state index in [1.54, 1.807) is 30.3 Å². The van der Waals surface area contributed by atoms with Gasteiger partial charge in [-0.1, -0.05) is 24.6 Å². The molecule has 3 aromatic rings. The zero-order chi connectivity index (χ0) is 20.9. The Bertz CT molecular complexity index is 1200. The summed E-state index contributed by atoms with van der Waals surface area (Å²) in [5.74, 6) is 0.649. The molecule has 0 saturated heterocycles. The fourth-order valence-corrected chi connectivity index (χ4v) is 4.59. The molecule has 1 saturated carbocycles. The number of nitrogens with zero attached hydrogens (tertiary/aromatic N) is 3. The lowest BCUT2D eigenvalue weighted by Gasteiger charge is -2.35. The van der Waals surface area contributed by atoms with Gasteiger partial charge in [0.2, 0.25) is 11.8 Å². The first-order chi connectivity index (χ1) is 14.5. The number of fused-ring (bicyclic) bond motifs is 3. The largest absolute Gasteiger partial charge is 0.350 e. The van der Waals surface area contributed by atoms with Gasteiger partial charge in [-0.2, -0.15) is 0 Å². The zero-order valence-corrected chi connectivity index (χ0v) is 17.2. The summed E-state index contributed by atoms with van der Waals surface area (Å²) in [6.07, 6.45) is 9.93. The van der Waals surface area contributed by atoms with E-state index in [-0.39, 0.29) is 11.8 Å². The molecular weight excluding hydrogens is 376 g/mol. The lowest BCUT2D eigenvalue weighted by molar-refractivity contribution is -0.125. The maximum Gasteiger partial charge on any atom is 0.246 e. The molecule has 152 valence electrons. The topological polar surface area (TPSA) is 67.2 Å². The third-order valence-electron chi connectivity index (χ3n) is 6.48. The van der Waals surface area contributed by atoms with Crippen LogP contribution in [0.15, 0.2) is 48.8 Å². The lowest BCUT2D eigenvalue weighted by atomic mass is 9.65. The maximum absolute atomic E-state index is 12.7. The fraction of sp³-hybridized carbons (Fsp3) is 0.292. The number of aromatic nitrogens is 2.